The van der Waals surface area contributed by atoms with Crippen LogP contribution in [0.3, 0.4) is 0 Å². The van der Waals surface area contributed by atoms with Crippen LogP contribution in [0.2, 0.25) is 0 Å². The van der Waals surface area contributed by atoms with Gasteiger partial charge in [0.1, 0.15) is 6.10 Å². The number of rotatable bonds is 6. The first kappa shape index (κ1) is 18.4. The third kappa shape index (κ3) is 3.93. The second-order valence-corrected chi connectivity index (χ2v) is 6.17. The van der Waals surface area contributed by atoms with Crippen LogP contribution in [0.4, 0.5) is 0 Å². The van der Waals surface area contributed by atoms with Crippen LogP contribution in [0, 0.1) is 0 Å². The van der Waals surface area contributed by atoms with Crippen LogP contribution in [-0.2, 0) is 4.74 Å². The summed E-state index contributed by atoms with van der Waals surface area (Å²) in [4.78, 5) is 14.8. The van der Waals surface area contributed by atoms with Gasteiger partial charge < -0.3 is 23.8 Å². The number of ether oxygens (including phenoxy) is 4. The molecular formula is C18H27NO5. The Hall–Kier alpha value is -1.95. The van der Waals surface area contributed by atoms with Gasteiger partial charge in [-0.3, -0.25) is 0 Å². The molecule has 6 heteroatoms. The summed E-state index contributed by atoms with van der Waals surface area (Å²) in [6, 6.07) is 3.50. The fourth-order valence-electron chi connectivity index (χ4n) is 3.21. The fourth-order valence-corrected chi connectivity index (χ4v) is 3.21. The second-order valence-electron chi connectivity index (χ2n) is 6.17. The highest BCUT2D eigenvalue weighted by molar-refractivity contribution is 5.91. The van der Waals surface area contributed by atoms with Crippen molar-refractivity contribution in [2.24, 2.45) is 0 Å². The number of methoxy groups -OCH3 is 3. The van der Waals surface area contributed by atoms with Gasteiger partial charge in [-0.05, 0) is 45.5 Å². The van der Waals surface area contributed by atoms with E-state index in [1.54, 1.807) is 12.1 Å². The lowest BCUT2D eigenvalue weighted by atomic mass is 9.91. The van der Waals surface area contributed by atoms with Crippen molar-refractivity contribution < 1.29 is 23.7 Å². The molecule has 1 aliphatic rings. The first-order valence-electron chi connectivity index (χ1n) is 8.19. The number of likely N-dealkylation sites (N-methyl/N-ethyl adjacent to an activating group) is 1. The van der Waals surface area contributed by atoms with Crippen LogP contribution in [0.25, 0.3) is 0 Å². The Bertz CT molecular complexity index is 548. The molecule has 0 aliphatic heterocycles. The third-order valence-corrected chi connectivity index (χ3v) is 4.49. The van der Waals surface area contributed by atoms with E-state index in [4.69, 9.17) is 18.9 Å². The highest BCUT2D eigenvalue weighted by atomic mass is 16.5. The van der Waals surface area contributed by atoms with Crippen LogP contribution in [0.1, 0.15) is 36.0 Å². The van der Waals surface area contributed by atoms with Gasteiger partial charge in [0, 0.05) is 6.04 Å². The summed E-state index contributed by atoms with van der Waals surface area (Å²) in [5.74, 6) is 0.974. The zero-order valence-electron chi connectivity index (χ0n) is 15.1. The summed E-state index contributed by atoms with van der Waals surface area (Å²) >= 11 is 0. The van der Waals surface area contributed by atoms with E-state index < -0.39 is 0 Å². The number of carbonyl (C=O) groups excluding carboxylic acids is 1. The molecule has 1 aromatic carbocycles. The number of nitrogens with zero attached hydrogens (tertiary/aromatic N) is 1. The predicted octanol–water partition coefficient (Wildman–Crippen LogP) is 2.74. The highest BCUT2D eigenvalue weighted by Gasteiger charge is 2.30. The average molecular weight is 337 g/mol. The first-order chi connectivity index (χ1) is 11.5. The van der Waals surface area contributed by atoms with Crippen LogP contribution in [0.15, 0.2) is 12.1 Å². The minimum Gasteiger partial charge on any atom is -0.493 e. The number of hydrogen-bond acceptors (Lipinski definition) is 6. The number of carbonyl (C=O) groups is 1. The Labute approximate surface area is 143 Å². The zero-order chi connectivity index (χ0) is 17.7. The fraction of sp³-hybridized carbons (Fsp3) is 0.611. The molecule has 0 bridgehead atoms. The topological polar surface area (TPSA) is 57.2 Å². The molecular weight excluding hydrogens is 310 g/mol. The maximum absolute atomic E-state index is 12.6. The molecule has 2 atom stereocenters. The van der Waals surface area contributed by atoms with Gasteiger partial charge in [0.25, 0.3) is 0 Å². The van der Waals surface area contributed by atoms with Crippen molar-refractivity contribution in [3.8, 4) is 17.2 Å². The van der Waals surface area contributed by atoms with Crippen molar-refractivity contribution in [2.75, 3.05) is 35.4 Å². The average Bonchev–Trinajstić information content (AvgIpc) is 2.60. The van der Waals surface area contributed by atoms with Gasteiger partial charge in [0.2, 0.25) is 5.75 Å². The van der Waals surface area contributed by atoms with E-state index in [2.05, 4.69) is 4.90 Å². The summed E-state index contributed by atoms with van der Waals surface area (Å²) in [7, 11) is 8.62. The first-order valence-corrected chi connectivity index (χ1v) is 8.19. The van der Waals surface area contributed by atoms with Gasteiger partial charge in [-0.25, -0.2) is 4.79 Å². The standard InChI is InChI=1S/C18H27NO5/c1-19(2)13-8-6-7-9-14(13)24-18(20)12-10-15(21-3)17(23-5)16(11-12)22-4/h10-11,13-14H,6-9H2,1-5H3/t13-,14-/m1/s1. The predicted molar refractivity (Wildman–Crippen MR) is 91.2 cm³/mol. The van der Waals surface area contributed by atoms with Crippen LogP contribution in [-0.4, -0.2) is 58.4 Å². The number of esters is 1. The summed E-state index contributed by atoms with van der Waals surface area (Å²) in [6.07, 6.45) is 4.08. The quantitative estimate of drug-likeness (QED) is 0.744. The van der Waals surface area contributed by atoms with E-state index >= 15 is 0 Å². The Balaban J connectivity index is 2.22. The molecule has 0 radical (unpaired) electrons. The van der Waals surface area contributed by atoms with Crippen molar-refractivity contribution in [3.63, 3.8) is 0 Å². The molecule has 24 heavy (non-hydrogen) atoms. The summed E-state index contributed by atoms with van der Waals surface area (Å²) in [5.41, 5.74) is 0.396. The summed E-state index contributed by atoms with van der Waals surface area (Å²) < 4.78 is 21.7. The van der Waals surface area contributed by atoms with Gasteiger partial charge in [-0.2, -0.15) is 0 Å². The highest BCUT2D eigenvalue weighted by Crippen LogP contribution is 2.38. The maximum Gasteiger partial charge on any atom is 0.338 e. The van der Waals surface area contributed by atoms with Gasteiger partial charge in [0.15, 0.2) is 11.5 Å². The molecule has 1 aliphatic carbocycles. The van der Waals surface area contributed by atoms with Crippen molar-refractivity contribution in [3.05, 3.63) is 17.7 Å². The maximum atomic E-state index is 12.6. The van der Waals surface area contributed by atoms with Crippen molar-refractivity contribution in [1.82, 2.24) is 4.90 Å². The Morgan fingerprint density at radius 3 is 2.08 bits per heavy atom. The van der Waals surface area contributed by atoms with Crippen molar-refractivity contribution >= 4 is 5.97 Å². The molecule has 0 amide bonds. The Morgan fingerprint density at radius 2 is 1.58 bits per heavy atom. The molecule has 1 aromatic rings. The number of hydrogen-bond donors (Lipinski definition) is 0. The van der Waals surface area contributed by atoms with Gasteiger partial charge in [0.05, 0.1) is 26.9 Å². The van der Waals surface area contributed by atoms with E-state index in [0.29, 0.717) is 22.8 Å². The number of benzene rings is 1. The smallest absolute Gasteiger partial charge is 0.338 e. The molecule has 0 saturated heterocycles. The van der Waals surface area contributed by atoms with Gasteiger partial charge in [-0.1, -0.05) is 6.42 Å². The molecule has 6 nitrogen and oxygen atoms in total. The van der Waals surface area contributed by atoms with E-state index in [-0.39, 0.29) is 18.1 Å². The van der Waals surface area contributed by atoms with E-state index in [1.807, 2.05) is 14.1 Å². The lowest BCUT2D eigenvalue weighted by molar-refractivity contribution is -0.00723. The molecule has 2 rings (SSSR count). The summed E-state index contributed by atoms with van der Waals surface area (Å²) in [6.45, 7) is 0. The van der Waals surface area contributed by atoms with Crippen molar-refractivity contribution in [2.45, 2.75) is 37.8 Å². The molecule has 0 heterocycles. The molecule has 0 unspecified atom stereocenters. The largest absolute Gasteiger partial charge is 0.493 e. The molecule has 134 valence electrons. The third-order valence-electron chi connectivity index (χ3n) is 4.49. The molecule has 1 fully saturated rings. The van der Waals surface area contributed by atoms with Gasteiger partial charge in [-0.15, -0.1) is 0 Å². The molecule has 0 aromatic heterocycles. The lowest BCUT2D eigenvalue weighted by Gasteiger charge is -2.35. The van der Waals surface area contributed by atoms with E-state index in [1.165, 1.54) is 27.8 Å². The van der Waals surface area contributed by atoms with Crippen LogP contribution >= 0.6 is 0 Å². The second kappa shape index (κ2) is 8.24. The van der Waals surface area contributed by atoms with Gasteiger partial charge >= 0.3 is 5.97 Å². The monoisotopic (exact) mass is 337 g/mol. The zero-order valence-corrected chi connectivity index (χ0v) is 15.1. The minimum atomic E-state index is -0.368. The van der Waals surface area contributed by atoms with E-state index in [0.717, 1.165) is 19.3 Å². The Kier molecular flexibility index (Phi) is 6.31. The van der Waals surface area contributed by atoms with E-state index in [9.17, 15) is 4.79 Å². The Morgan fingerprint density at radius 1 is 1.00 bits per heavy atom. The summed E-state index contributed by atoms with van der Waals surface area (Å²) in [5, 5.41) is 0. The normalized spacial score (nSPS) is 20.6. The van der Waals surface area contributed by atoms with Crippen LogP contribution in [0.5, 0.6) is 17.2 Å². The molecule has 0 N–H and O–H groups in total. The van der Waals surface area contributed by atoms with Crippen LogP contribution < -0.4 is 14.2 Å². The lowest BCUT2D eigenvalue weighted by Crippen LogP contribution is -2.43. The van der Waals surface area contributed by atoms with Crippen molar-refractivity contribution in [1.29, 1.82) is 0 Å². The molecule has 1 saturated carbocycles. The SMILES string of the molecule is COc1cc(C(=O)O[C@@H]2CCCC[C@H]2N(C)C)cc(OC)c1OC. The molecule has 0 spiro atoms. The minimum absolute atomic E-state index is 0.0969.